The summed E-state index contributed by atoms with van der Waals surface area (Å²) >= 11 is 0. The van der Waals surface area contributed by atoms with Crippen LogP contribution in [-0.4, -0.2) is 48.6 Å². The number of nitrogens with two attached hydrogens (primary N) is 1. The summed E-state index contributed by atoms with van der Waals surface area (Å²) in [6, 6.07) is 12.6. The Morgan fingerprint density at radius 1 is 1.11 bits per heavy atom. The van der Waals surface area contributed by atoms with Gasteiger partial charge in [0.25, 0.3) is 0 Å². The third-order valence-corrected chi connectivity index (χ3v) is 4.43. The van der Waals surface area contributed by atoms with Crippen molar-refractivity contribution in [2.45, 2.75) is 31.0 Å². The normalized spacial score (nSPS) is 34.2. The molecule has 1 aromatic rings. The molecule has 1 aliphatic carbocycles. The van der Waals surface area contributed by atoms with E-state index in [4.69, 9.17) is 5.73 Å². The molecule has 98 valence electrons. The van der Waals surface area contributed by atoms with E-state index in [2.05, 4.69) is 47.2 Å². The molecule has 2 aliphatic rings. The zero-order chi connectivity index (χ0) is 12.5. The number of hydrogen-bond acceptors (Lipinski definition) is 3. The molecule has 1 aliphatic heterocycles. The molecule has 0 amide bonds. The van der Waals surface area contributed by atoms with Crippen LogP contribution in [0.2, 0.25) is 0 Å². The smallest absolute Gasteiger partial charge is 0.0478 e. The van der Waals surface area contributed by atoms with E-state index in [1.807, 2.05) is 0 Å². The number of nitrogens with zero attached hydrogens (tertiary/aromatic N) is 2. The van der Waals surface area contributed by atoms with E-state index in [9.17, 15) is 0 Å². The van der Waals surface area contributed by atoms with Gasteiger partial charge in [-0.2, -0.15) is 0 Å². The van der Waals surface area contributed by atoms with Gasteiger partial charge in [0.05, 0.1) is 0 Å². The molecule has 0 aromatic heterocycles. The molecule has 1 atom stereocenters. The van der Waals surface area contributed by atoms with Crippen LogP contribution in [-0.2, 0) is 0 Å². The van der Waals surface area contributed by atoms with Gasteiger partial charge in [0.15, 0.2) is 0 Å². The van der Waals surface area contributed by atoms with Crippen LogP contribution in [0.1, 0.15) is 24.4 Å². The van der Waals surface area contributed by atoms with Crippen LogP contribution in [0.25, 0.3) is 0 Å². The zero-order valence-electron chi connectivity index (χ0n) is 11.1. The van der Waals surface area contributed by atoms with Crippen molar-refractivity contribution in [2.75, 3.05) is 26.7 Å². The molecule has 2 N–H and O–H groups in total. The van der Waals surface area contributed by atoms with Gasteiger partial charge in [-0.3, -0.25) is 4.90 Å². The summed E-state index contributed by atoms with van der Waals surface area (Å²) in [5, 5.41) is 0. The Morgan fingerprint density at radius 2 is 1.83 bits per heavy atom. The highest BCUT2D eigenvalue weighted by Crippen LogP contribution is 2.33. The number of hydrogen-bond donors (Lipinski definition) is 1. The third-order valence-electron chi connectivity index (χ3n) is 4.43. The summed E-state index contributed by atoms with van der Waals surface area (Å²) in [4.78, 5) is 5.12. The quantitative estimate of drug-likeness (QED) is 0.856. The standard InChI is InChI=1S/C15H23N3/c1-17-7-8-18(14-9-13(16)10-14)15(11-17)12-5-3-2-4-6-12/h2-6,13-15H,7-11,16H2,1H3. The second kappa shape index (κ2) is 5.00. The van der Waals surface area contributed by atoms with Crippen LogP contribution in [0.5, 0.6) is 0 Å². The van der Waals surface area contributed by atoms with Crippen LogP contribution < -0.4 is 5.73 Å². The first-order chi connectivity index (χ1) is 8.74. The average Bonchev–Trinajstić information content (AvgIpc) is 2.36. The Morgan fingerprint density at radius 3 is 2.50 bits per heavy atom. The van der Waals surface area contributed by atoms with E-state index in [1.54, 1.807) is 0 Å². The Balaban J connectivity index is 1.78. The second-order valence-corrected chi connectivity index (χ2v) is 5.81. The topological polar surface area (TPSA) is 32.5 Å². The molecule has 0 spiro atoms. The van der Waals surface area contributed by atoms with Crippen LogP contribution >= 0.6 is 0 Å². The van der Waals surface area contributed by atoms with Crippen LogP contribution in [0, 0.1) is 0 Å². The van der Waals surface area contributed by atoms with E-state index in [1.165, 1.54) is 31.5 Å². The maximum Gasteiger partial charge on any atom is 0.0478 e. The minimum Gasteiger partial charge on any atom is -0.328 e. The SMILES string of the molecule is CN1CCN(C2CC(N)C2)C(c2ccccc2)C1. The predicted molar refractivity (Wildman–Crippen MR) is 74.4 cm³/mol. The monoisotopic (exact) mass is 245 g/mol. The first-order valence-corrected chi connectivity index (χ1v) is 6.99. The first-order valence-electron chi connectivity index (χ1n) is 6.99. The lowest BCUT2D eigenvalue weighted by molar-refractivity contribution is 0.0128. The Bertz CT molecular complexity index is 386. The van der Waals surface area contributed by atoms with Crippen molar-refractivity contribution in [1.82, 2.24) is 9.80 Å². The van der Waals surface area contributed by atoms with Crippen molar-refractivity contribution in [3.63, 3.8) is 0 Å². The Labute approximate surface area is 110 Å². The fourth-order valence-electron chi connectivity index (χ4n) is 3.24. The van der Waals surface area contributed by atoms with Crippen molar-refractivity contribution < 1.29 is 0 Å². The lowest BCUT2D eigenvalue weighted by Crippen LogP contribution is -2.57. The minimum absolute atomic E-state index is 0.436. The highest BCUT2D eigenvalue weighted by molar-refractivity contribution is 5.20. The van der Waals surface area contributed by atoms with Gasteiger partial charge in [-0.1, -0.05) is 30.3 Å². The summed E-state index contributed by atoms with van der Waals surface area (Å²) in [7, 11) is 2.22. The second-order valence-electron chi connectivity index (χ2n) is 5.81. The van der Waals surface area contributed by atoms with Crippen molar-refractivity contribution in [3.05, 3.63) is 35.9 Å². The summed E-state index contributed by atoms with van der Waals surface area (Å²) in [5.74, 6) is 0. The Kier molecular flexibility index (Phi) is 3.37. The van der Waals surface area contributed by atoms with Gasteiger partial charge in [0.1, 0.15) is 0 Å². The lowest BCUT2D eigenvalue weighted by Gasteiger charge is -2.49. The largest absolute Gasteiger partial charge is 0.328 e. The molecule has 0 bridgehead atoms. The summed E-state index contributed by atoms with van der Waals surface area (Å²) in [6.45, 7) is 3.48. The summed E-state index contributed by atoms with van der Waals surface area (Å²) in [6.07, 6.45) is 2.35. The zero-order valence-corrected chi connectivity index (χ0v) is 11.1. The highest BCUT2D eigenvalue weighted by atomic mass is 15.3. The van der Waals surface area contributed by atoms with Crippen molar-refractivity contribution >= 4 is 0 Å². The molecule has 3 rings (SSSR count). The van der Waals surface area contributed by atoms with Crippen LogP contribution in [0.15, 0.2) is 30.3 Å². The summed E-state index contributed by atoms with van der Waals surface area (Å²) < 4.78 is 0. The van der Waals surface area contributed by atoms with Gasteiger partial charge in [-0.25, -0.2) is 0 Å². The van der Waals surface area contributed by atoms with Crippen molar-refractivity contribution in [3.8, 4) is 0 Å². The highest BCUT2D eigenvalue weighted by Gasteiger charge is 2.37. The number of likely N-dealkylation sites (N-methyl/N-ethyl adjacent to an activating group) is 1. The molecule has 3 heteroatoms. The van der Waals surface area contributed by atoms with Crippen molar-refractivity contribution in [2.24, 2.45) is 5.73 Å². The van der Waals surface area contributed by atoms with Gasteiger partial charge >= 0.3 is 0 Å². The molecule has 1 heterocycles. The number of rotatable bonds is 2. The molecule has 1 saturated heterocycles. The van der Waals surface area contributed by atoms with Gasteiger partial charge in [-0.05, 0) is 25.5 Å². The van der Waals surface area contributed by atoms with E-state index in [0.29, 0.717) is 18.1 Å². The lowest BCUT2D eigenvalue weighted by atomic mass is 9.84. The number of benzene rings is 1. The minimum atomic E-state index is 0.436. The molecular formula is C15H23N3. The van der Waals surface area contributed by atoms with E-state index in [0.717, 1.165) is 6.54 Å². The maximum absolute atomic E-state index is 5.95. The molecule has 18 heavy (non-hydrogen) atoms. The average molecular weight is 245 g/mol. The van der Waals surface area contributed by atoms with Crippen molar-refractivity contribution in [1.29, 1.82) is 0 Å². The predicted octanol–water partition coefficient (Wildman–Crippen LogP) is 1.46. The summed E-state index contributed by atoms with van der Waals surface area (Å²) in [5.41, 5.74) is 7.40. The molecule has 3 nitrogen and oxygen atoms in total. The Hall–Kier alpha value is -0.900. The van der Waals surface area contributed by atoms with Crippen LogP contribution in [0.4, 0.5) is 0 Å². The third kappa shape index (κ3) is 2.30. The number of piperazine rings is 1. The van der Waals surface area contributed by atoms with E-state index < -0.39 is 0 Å². The van der Waals surface area contributed by atoms with E-state index >= 15 is 0 Å². The van der Waals surface area contributed by atoms with Gasteiger partial charge in [0.2, 0.25) is 0 Å². The first kappa shape index (κ1) is 12.2. The molecule has 1 aromatic carbocycles. The van der Waals surface area contributed by atoms with E-state index in [-0.39, 0.29) is 0 Å². The van der Waals surface area contributed by atoms with Gasteiger partial charge < -0.3 is 10.6 Å². The van der Waals surface area contributed by atoms with Crippen LogP contribution in [0.3, 0.4) is 0 Å². The fourth-order valence-corrected chi connectivity index (χ4v) is 3.24. The van der Waals surface area contributed by atoms with Gasteiger partial charge in [0, 0.05) is 37.8 Å². The molecular weight excluding hydrogens is 222 g/mol. The maximum atomic E-state index is 5.95. The molecule has 2 fully saturated rings. The fraction of sp³-hybridized carbons (Fsp3) is 0.600. The molecule has 0 radical (unpaired) electrons. The molecule has 1 unspecified atom stereocenters. The van der Waals surface area contributed by atoms with Gasteiger partial charge in [-0.15, -0.1) is 0 Å². The molecule has 1 saturated carbocycles.